The van der Waals surface area contributed by atoms with Crippen molar-refractivity contribution in [3.8, 4) is 0 Å². The van der Waals surface area contributed by atoms with E-state index >= 15 is 0 Å². The predicted molar refractivity (Wildman–Crippen MR) is 80.3 cm³/mol. The number of nitrogens with two attached hydrogens (primary N) is 1. The van der Waals surface area contributed by atoms with Crippen LogP contribution in [0.5, 0.6) is 0 Å². The van der Waals surface area contributed by atoms with Crippen molar-refractivity contribution in [3.63, 3.8) is 0 Å². The number of nitrogens with zero attached hydrogens (tertiary/aromatic N) is 2. The molecule has 3 N–H and O–H groups in total. The van der Waals surface area contributed by atoms with Gasteiger partial charge in [0.15, 0.2) is 5.03 Å². The van der Waals surface area contributed by atoms with Crippen molar-refractivity contribution in [1.82, 2.24) is 15.1 Å². The van der Waals surface area contributed by atoms with Gasteiger partial charge in [-0.3, -0.25) is 4.68 Å². The maximum atomic E-state index is 11.6. The first-order chi connectivity index (χ1) is 10.5. The number of ether oxygens (including phenoxy) is 1. The second-order valence-electron chi connectivity index (χ2n) is 5.29. The SMILES string of the molecule is Cn1ncc(CNC2COCc3ccccc32)c1S(N)(=O)=O. The van der Waals surface area contributed by atoms with E-state index in [1.54, 1.807) is 7.05 Å². The Morgan fingerprint density at radius 3 is 3.00 bits per heavy atom. The number of rotatable bonds is 4. The van der Waals surface area contributed by atoms with Crippen LogP contribution in [-0.4, -0.2) is 24.8 Å². The third-order valence-corrected chi connectivity index (χ3v) is 4.80. The molecule has 2 aromatic rings. The molecule has 1 aliphatic heterocycles. The van der Waals surface area contributed by atoms with Crippen molar-refractivity contribution >= 4 is 10.0 Å². The Labute approximate surface area is 129 Å². The zero-order chi connectivity index (χ0) is 15.7. The highest BCUT2D eigenvalue weighted by molar-refractivity contribution is 7.89. The number of fused-ring (bicyclic) bond motifs is 1. The Hall–Kier alpha value is -1.74. The molecule has 0 aliphatic carbocycles. The second kappa shape index (κ2) is 5.81. The van der Waals surface area contributed by atoms with E-state index in [2.05, 4.69) is 16.5 Å². The molecule has 1 aliphatic rings. The monoisotopic (exact) mass is 322 g/mol. The Morgan fingerprint density at radius 2 is 2.23 bits per heavy atom. The first-order valence-electron chi connectivity index (χ1n) is 6.89. The van der Waals surface area contributed by atoms with E-state index in [0.717, 1.165) is 5.56 Å². The normalized spacial score (nSPS) is 18.2. The summed E-state index contributed by atoms with van der Waals surface area (Å²) in [6, 6.07) is 8.06. The average molecular weight is 322 g/mol. The standard InChI is InChI=1S/C14H18N4O3S/c1-18-14(22(15,19)20)11(7-17-18)6-16-13-9-21-8-10-4-2-3-5-12(10)13/h2-5,7,13,16H,6,8-9H2,1H3,(H2,15,19,20). The Balaban J connectivity index is 1.80. The number of hydrogen-bond acceptors (Lipinski definition) is 5. The first-order valence-corrected chi connectivity index (χ1v) is 8.44. The lowest BCUT2D eigenvalue weighted by Gasteiger charge is -2.26. The molecule has 22 heavy (non-hydrogen) atoms. The summed E-state index contributed by atoms with van der Waals surface area (Å²) in [5, 5.41) is 12.6. The highest BCUT2D eigenvalue weighted by Crippen LogP contribution is 2.25. The van der Waals surface area contributed by atoms with Gasteiger partial charge < -0.3 is 10.1 Å². The molecule has 1 aromatic heterocycles. The second-order valence-corrected chi connectivity index (χ2v) is 6.77. The molecule has 1 aromatic carbocycles. The number of nitrogens with one attached hydrogen (secondary N) is 1. The summed E-state index contributed by atoms with van der Waals surface area (Å²) in [6.07, 6.45) is 1.52. The number of benzene rings is 1. The number of primary sulfonamides is 1. The molecule has 0 radical (unpaired) electrons. The van der Waals surface area contributed by atoms with Crippen molar-refractivity contribution in [2.24, 2.45) is 12.2 Å². The lowest BCUT2D eigenvalue weighted by Crippen LogP contribution is -2.30. The molecule has 3 rings (SSSR count). The molecule has 8 heteroatoms. The molecule has 2 heterocycles. The Kier molecular flexibility index (Phi) is 4.00. The first kappa shape index (κ1) is 15.2. The van der Waals surface area contributed by atoms with Crippen LogP contribution >= 0.6 is 0 Å². The molecule has 0 spiro atoms. The summed E-state index contributed by atoms with van der Waals surface area (Å²) >= 11 is 0. The van der Waals surface area contributed by atoms with Crippen LogP contribution in [0.3, 0.4) is 0 Å². The molecule has 1 atom stereocenters. The van der Waals surface area contributed by atoms with Gasteiger partial charge in [0.25, 0.3) is 10.0 Å². The van der Waals surface area contributed by atoms with E-state index in [1.807, 2.05) is 18.2 Å². The molecule has 1 unspecified atom stereocenters. The molecule has 0 bridgehead atoms. The van der Waals surface area contributed by atoms with E-state index in [1.165, 1.54) is 16.4 Å². The third kappa shape index (κ3) is 2.91. The van der Waals surface area contributed by atoms with Crippen LogP contribution < -0.4 is 10.5 Å². The molecule has 0 saturated carbocycles. The lowest BCUT2D eigenvalue weighted by atomic mass is 9.99. The van der Waals surface area contributed by atoms with Gasteiger partial charge >= 0.3 is 0 Å². The summed E-state index contributed by atoms with van der Waals surface area (Å²) in [7, 11) is -2.25. The summed E-state index contributed by atoms with van der Waals surface area (Å²) in [5.41, 5.74) is 2.87. The summed E-state index contributed by atoms with van der Waals surface area (Å²) in [5.74, 6) is 0. The number of hydrogen-bond donors (Lipinski definition) is 2. The summed E-state index contributed by atoms with van der Waals surface area (Å²) in [4.78, 5) is 0. The molecule has 118 valence electrons. The maximum absolute atomic E-state index is 11.6. The fourth-order valence-electron chi connectivity index (χ4n) is 2.74. The highest BCUT2D eigenvalue weighted by Gasteiger charge is 2.23. The van der Waals surface area contributed by atoms with Gasteiger partial charge in [-0.25, -0.2) is 13.6 Å². The van der Waals surface area contributed by atoms with Gasteiger partial charge in [-0.2, -0.15) is 5.10 Å². The largest absolute Gasteiger partial charge is 0.375 e. The fourth-order valence-corrected chi connectivity index (χ4v) is 3.65. The third-order valence-electron chi connectivity index (χ3n) is 3.74. The van der Waals surface area contributed by atoms with Gasteiger partial charge in [-0.05, 0) is 11.1 Å². The zero-order valence-corrected chi connectivity index (χ0v) is 13.0. The fraction of sp³-hybridized carbons (Fsp3) is 0.357. The minimum Gasteiger partial charge on any atom is -0.375 e. The lowest BCUT2D eigenvalue weighted by molar-refractivity contribution is 0.0816. The smallest absolute Gasteiger partial charge is 0.255 e. The van der Waals surface area contributed by atoms with Crippen LogP contribution in [0, 0.1) is 0 Å². The van der Waals surface area contributed by atoms with E-state index in [-0.39, 0.29) is 11.1 Å². The molecule has 0 amide bonds. The van der Waals surface area contributed by atoms with Crippen LogP contribution in [0.15, 0.2) is 35.5 Å². The summed E-state index contributed by atoms with van der Waals surface area (Å²) < 4.78 is 30.1. The minimum absolute atomic E-state index is 0.0125. The van der Waals surface area contributed by atoms with Gasteiger partial charge in [-0.1, -0.05) is 24.3 Å². The zero-order valence-electron chi connectivity index (χ0n) is 12.2. The van der Waals surface area contributed by atoms with Crippen LogP contribution in [0.4, 0.5) is 0 Å². The van der Waals surface area contributed by atoms with Gasteiger partial charge in [0.05, 0.1) is 25.5 Å². The summed E-state index contributed by atoms with van der Waals surface area (Å²) in [6.45, 7) is 1.49. The topological polar surface area (TPSA) is 99.2 Å². The van der Waals surface area contributed by atoms with E-state index < -0.39 is 10.0 Å². The van der Waals surface area contributed by atoms with Gasteiger partial charge in [0.2, 0.25) is 0 Å². The van der Waals surface area contributed by atoms with Crippen LogP contribution in [-0.2, 0) is 35.0 Å². The van der Waals surface area contributed by atoms with Gasteiger partial charge in [0, 0.05) is 19.2 Å². The highest BCUT2D eigenvalue weighted by atomic mass is 32.2. The predicted octanol–water partition coefficient (Wildman–Crippen LogP) is 0.429. The Morgan fingerprint density at radius 1 is 1.45 bits per heavy atom. The molecule has 0 fully saturated rings. The van der Waals surface area contributed by atoms with Crippen molar-refractivity contribution in [2.75, 3.05) is 6.61 Å². The maximum Gasteiger partial charge on any atom is 0.255 e. The van der Waals surface area contributed by atoms with Crippen molar-refractivity contribution in [3.05, 3.63) is 47.2 Å². The van der Waals surface area contributed by atoms with Crippen molar-refractivity contribution in [1.29, 1.82) is 0 Å². The quantitative estimate of drug-likeness (QED) is 0.850. The minimum atomic E-state index is -3.81. The average Bonchev–Trinajstić information content (AvgIpc) is 2.86. The Bertz CT molecular complexity index is 785. The van der Waals surface area contributed by atoms with Crippen molar-refractivity contribution < 1.29 is 13.2 Å². The van der Waals surface area contributed by atoms with Crippen LogP contribution in [0.1, 0.15) is 22.7 Å². The van der Waals surface area contributed by atoms with Crippen LogP contribution in [0.2, 0.25) is 0 Å². The van der Waals surface area contributed by atoms with E-state index in [4.69, 9.17) is 9.88 Å². The van der Waals surface area contributed by atoms with E-state index in [9.17, 15) is 8.42 Å². The van der Waals surface area contributed by atoms with Gasteiger partial charge in [0.1, 0.15) is 0 Å². The number of sulfonamides is 1. The van der Waals surface area contributed by atoms with Crippen molar-refractivity contribution in [2.45, 2.75) is 24.2 Å². The van der Waals surface area contributed by atoms with E-state index in [0.29, 0.717) is 25.3 Å². The van der Waals surface area contributed by atoms with Crippen LogP contribution in [0.25, 0.3) is 0 Å². The number of aromatic nitrogens is 2. The number of aryl methyl sites for hydroxylation is 1. The van der Waals surface area contributed by atoms with Gasteiger partial charge in [-0.15, -0.1) is 0 Å². The molecular weight excluding hydrogens is 304 g/mol. The molecule has 7 nitrogen and oxygen atoms in total. The molecule has 0 saturated heterocycles. The molecular formula is C14H18N4O3S.